The van der Waals surface area contributed by atoms with Gasteiger partial charge in [0.05, 0.1) is 13.1 Å². The third kappa shape index (κ3) is 4.24. The van der Waals surface area contributed by atoms with Crippen molar-refractivity contribution in [2.24, 2.45) is 0 Å². The van der Waals surface area contributed by atoms with Crippen LogP contribution in [0.5, 0.6) is 0 Å². The van der Waals surface area contributed by atoms with Gasteiger partial charge < -0.3 is 25.9 Å². The minimum Gasteiger partial charge on any atom is -0.444 e. The molecule has 0 amide bonds. The molecule has 3 aromatic rings. The van der Waals surface area contributed by atoms with Gasteiger partial charge >= 0.3 is 14.0 Å². The van der Waals surface area contributed by atoms with Gasteiger partial charge in [-0.2, -0.15) is 10.2 Å². The standard InChI is InChI=1S/C12H10B2F6N6/c15-13(16,17)11-7-25(23-21-11)5-9-1-2-10(4-3-9)6-26-8-12(22-24-26)14(18,19)20/h1-4,7-8H,5-6H2/q-2. The van der Waals surface area contributed by atoms with Crippen molar-refractivity contribution in [1.29, 1.82) is 0 Å². The Hall–Kier alpha value is -2.79. The summed E-state index contributed by atoms with van der Waals surface area (Å²) in [6, 6.07) is 6.56. The lowest BCUT2D eigenvalue weighted by molar-refractivity contribution is 0.496. The van der Waals surface area contributed by atoms with Crippen LogP contribution in [0, 0.1) is 0 Å². The summed E-state index contributed by atoms with van der Waals surface area (Å²) in [7, 11) is 0. The summed E-state index contributed by atoms with van der Waals surface area (Å²) >= 11 is 0. The zero-order valence-electron chi connectivity index (χ0n) is 13.0. The minimum atomic E-state index is -5.20. The fourth-order valence-corrected chi connectivity index (χ4v) is 2.21. The number of nitrogens with zero attached hydrogens (tertiary/aromatic N) is 6. The first-order valence-electron chi connectivity index (χ1n) is 7.39. The number of aromatic nitrogens is 6. The topological polar surface area (TPSA) is 61.4 Å². The Balaban J connectivity index is 1.65. The largest absolute Gasteiger partial charge is 0.531 e. The molecule has 0 radical (unpaired) electrons. The summed E-state index contributed by atoms with van der Waals surface area (Å²) in [6.45, 7) is -10.2. The molecule has 3 rings (SSSR count). The van der Waals surface area contributed by atoms with E-state index in [0.29, 0.717) is 11.1 Å². The first kappa shape index (κ1) is 18.0. The zero-order valence-corrected chi connectivity index (χ0v) is 13.0. The van der Waals surface area contributed by atoms with E-state index in [-0.39, 0.29) is 13.1 Å². The van der Waals surface area contributed by atoms with E-state index in [0.717, 1.165) is 21.8 Å². The van der Waals surface area contributed by atoms with E-state index in [2.05, 4.69) is 20.6 Å². The smallest absolute Gasteiger partial charge is 0.444 e. The highest BCUT2D eigenvalue weighted by atomic mass is 19.4. The molecule has 0 bridgehead atoms. The van der Waals surface area contributed by atoms with Gasteiger partial charge in [-0.3, -0.25) is 9.36 Å². The number of rotatable bonds is 6. The predicted octanol–water partition coefficient (Wildman–Crippen LogP) is 1.07. The second kappa shape index (κ2) is 6.50. The van der Waals surface area contributed by atoms with Crippen molar-refractivity contribution in [1.82, 2.24) is 30.0 Å². The van der Waals surface area contributed by atoms with E-state index >= 15 is 0 Å². The summed E-state index contributed by atoms with van der Waals surface area (Å²) in [5, 5.41) is 13.0. The Bertz CT molecular complexity index is 811. The summed E-state index contributed by atoms with van der Waals surface area (Å²) in [5.41, 5.74) is -0.708. The maximum Gasteiger partial charge on any atom is 0.531 e. The van der Waals surface area contributed by atoms with E-state index in [9.17, 15) is 25.9 Å². The van der Waals surface area contributed by atoms with Crippen LogP contribution in [0.15, 0.2) is 36.7 Å². The number of halogens is 6. The highest BCUT2D eigenvalue weighted by Crippen LogP contribution is 2.10. The Morgan fingerprint density at radius 2 is 1.00 bits per heavy atom. The van der Waals surface area contributed by atoms with Gasteiger partial charge in [0, 0.05) is 23.6 Å². The summed E-state index contributed by atoms with van der Waals surface area (Å²) < 4.78 is 77.4. The van der Waals surface area contributed by atoms with Gasteiger partial charge in [0.1, 0.15) is 0 Å². The van der Waals surface area contributed by atoms with E-state index in [1.54, 1.807) is 24.3 Å². The van der Waals surface area contributed by atoms with Crippen molar-refractivity contribution in [2.45, 2.75) is 13.1 Å². The average molecular weight is 374 g/mol. The molecule has 138 valence electrons. The first-order valence-corrected chi connectivity index (χ1v) is 7.39. The molecule has 0 spiro atoms. The Labute approximate surface area is 142 Å². The SMILES string of the molecule is F[B-](F)(F)c1cn(Cc2ccc(Cn3cc([B-](F)(F)F)nn3)cc2)nn1. The molecule has 1 aromatic carbocycles. The first-order chi connectivity index (χ1) is 12.1. The van der Waals surface area contributed by atoms with Crippen molar-refractivity contribution < 1.29 is 25.9 Å². The third-order valence-electron chi connectivity index (χ3n) is 3.50. The molecule has 0 saturated heterocycles. The van der Waals surface area contributed by atoms with Gasteiger partial charge in [-0.05, 0) is 11.1 Å². The molecule has 0 atom stereocenters. The molecule has 0 fully saturated rings. The van der Waals surface area contributed by atoms with Crippen molar-refractivity contribution in [3.63, 3.8) is 0 Å². The lowest BCUT2D eigenvalue weighted by Gasteiger charge is -2.08. The van der Waals surface area contributed by atoms with E-state index in [1.807, 2.05) is 0 Å². The monoisotopic (exact) mass is 374 g/mol. The van der Waals surface area contributed by atoms with Crippen molar-refractivity contribution in [3.05, 3.63) is 47.8 Å². The maximum atomic E-state index is 12.5. The van der Waals surface area contributed by atoms with Crippen LogP contribution in [0.3, 0.4) is 0 Å². The van der Waals surface area contributed by atoms with Gasteiger partial charge in [-0.25, -0.2) is 0 Å². The quantitative estimate of drug-likeness (QED) is 0.479. The van der Waals surface area contributed by atoms with Crippen LogP contribution >= 0.6 is 0 Å². The van der Waals surface area contributed by atoms with E-state index in [1.165, 1.54) is 0 Å². The Morgan fingerprint density at radius 3 is 1.27 bits per heavy atom. The summed E-state index contributed by atoms with van der Waals surface area (Å²) in [5.74, 6) is 0. The van der Waals surface area contributed by atoms with Crippen LogP contribution < -0.4 is 11.2 Å². The molecule has 2 aromatic heterocycles. The molecule has 0 N–H and O–H groups in total. The molecule has 0 saturated carbocycles. The van der Waals surface area contributed by atoms with Gasteiger partial charge in [-0.15, -0.1) is 0 Å². The maximum absolute atomic E-state index is 12.5. The van der Waals surface area contributed by atoms with Crippen LogP contribution in [0.1, 0.15) is 11.1 Å². The molecule has 26 heavy (non-hydrogen) atoms. The third-order valence-corrected chi connectivity index (χ3v) is 3.50. The normalized spacial score (nSPS) is 12.5. The van der Waals surface area contributed by atoms with Crippen LogP contribution in [0.25, 0.3) is 0 Å². The average Bonchev–Trinajstić information content (AvgIpc) is 3.17. The van der Waals surface area contributed by atoms with Crippen molar-refractivity contribution >= 4 is 25.1 Å². The molecular weight excluding hydrogens is 364 g/mol. The van der Waals surface area contributed by atoms with Crippen LogP contribution in [0.2, 0.25) is 0 Å². The second-order valence-corrected chi connectivity index (χ2v) is 5.65. The number of hydrogen-bond acceptors (Lipinski definition) is 4. The molecule has 0 aliphatic carbocycles. The Kier molecular flexibility index (Phi) is 4.50. The van der Waals surface area contributed by atoms with Crippen molar-refractivity contribution in [2.75, 3.05) is 0 Å². The zero-order chi connectivity index (χ0) is 18.9. The lowest BCUT2D eigenvalue weighted by Crippen LogP contribution is -2.35. The fraction of sp³-hybridized carbons (Fsp3) is 0.167. The highest BCUT2D eigenvalue weighted by molar-refractivity contribution is 6.73. The molecule has 0 aliphatic rings. The molecule has 0 aliphatic heterocycles. The lowest BCUT2D eigenvalue weighted by atomic mass is 9.87. The van der Waals surface area contributed by atoms with Gasteiger partial charge in [0.2, 0.25) is 0 Å². The molecule has 6 nitrogen and oxygen atoms in total. The Morgan fingerprint density at radius 1 is 0.654 bits per heavy atom. The molecular formula is C12H10B2F6N6-2. The number of hydrogen-bond donors (Lipinski definition) is 0. The van der Waals surface area contributed by atoms with Gasteiger partial charge in [0.25, 0.3) is 0 Å². The molecule has 14 heteroatoms. The fourth-order valence-electron chi connectivity index (χ4n) is 2.21. The molecule has 0 unspecified atom stereocenters. The van der Waals surface area contributed by atoms with Crippen molar-refractivity contribution in [3.8, 4) is 0 Å². The highest BCUT2D eigenvalue weighted by Gasteiger charge is 2.30. The van der Waals surface area contributed by atoms with Crippen LogP contribution in [-0.4, -0.2) is 43.9 Å². The van der Waals surface area contributed by atoms with Gasteiger partial charge in [0.15, 0.2) is 0 Å². The summed E-state index contributed by atoms with van der Waals surface area (Å²) in [4.78, 5) is 0. The summed E-state index contributed by atoms with van der Waals surface area (Å²) in [6.07, 6.45) is 1.65. The van der Waals surface area contributed by atoms with Crippen LogP contribution in [-0.2, 0) is 13.1 Å². The van der Waals surface area contributed by atoms with E-state index < -0.39 is 25.1 Å². The predicted molar refractivity (Wildman–Crippen MR) is 82.1 cm³/mol. The number of benzene rings is 1. The van der Waals surface area contributed by atoms with Crippen LogP contribution in [0.4, 0.5) is 25.9 Å². The van der Waals surface area contributed by atoms with Gasteiger partial charge in [-0.1, -0.05) is 34.7 Å². The molecule has 2 heterocycles. The second-order valence-electron chi connectivity index (χ2n) is 5.65. The minimum absolute atomic E-state index is 0.0868. The van der Waals surface area contributed by atoms with E-state index in [4.69, 9.17) is 0 Å².